The van der Waals surface area contributed by atoms with Crippen molar-refractivity contribution in [3.63, 3.8) is 0 Å². The normalized spacial score (nSPS) is 9.93. The number of hydrogen-bond donors (Lipinski definition) is 0. The summed E-state index contributed by atoms with van der Waals surface area (Å²) in [6.45, 7) is 0.0453. The van der Waals surface area contributed by atoms with Gasteiger partial charge in [0.25, 0.3) is 5.56 Å². The van der Waals surface area contributed by atoms with Crippen LogP contribution in [0.25, 0.3) is 10.9 Å². The lowest BCUT2D eigenvalue weighted by Crippen LogP contribution is -2.19. The van der Waals surface area contributed by atoms with Gasteiger partial charge in [-0.2, -0.15) is 5.26 Å². The quantitative estimate of drug-likeness (QED) is 0.642. The van der Waals surface area contributed by atoms with Gasteiger partial charge < -0.3 is 4.57 Å². The highest BCUT2D eigenvalue weighted by Gasteiger charge is 2.01. The Bertz CT molecular complexity index is 567. The molecule has 0 saturated heterocycles. The van der Waals surface area contributed by atoms with Crippen LogP contribution in [0.5, 0.6) is 0 Å². The van der Waals surface area contributed by atoms with Crippen molar-refractivity contribution in [1.29, 1.82) is 5.26 Å². The standard InChI is InChI=1S/C9H6N4O/c10-2-4-13-3-1-8-7(9(13)14)5-11-6-12-8/h1,3,5-6H,4H2. The van der Waals surface area contributed by atoms with Crippen LogP contribution in [-0.4, -0.2) is 14.5 Å². The van der Waals surface area contributed by atoms with E-state index < -0.39 is 0 Å². The number of hydrogen-bond acceptors (Lipinski definition) is 4. The van der Waals surface area contributed by atoms with Gasteiger partial charge in [-0.1, -0.05) is 0 Å². The Morgan fingerprint density at radius 1 is 1.57 bits per heavy atom. The van der Waals surface area contributed by atoms with Crippen LogP contribution in [0.1, 0.15) is 0 Å². The largest absolute Gasteiger partial charge is 0.301 e. The summed E-state index contributed by atoms with van der Waals surface area (Å²) < 4.78 is 1.33. The summed E-state index contributed by atoms with van der Waals surface area (Å²) in [5.74, 6) is 0. The minimum Gasteiger partial charge on any atom is -0.301 e. The van der Waals surface area contributed by atoms with Crippen LogP contribution in [0.2, 0.25) is 0 Å². The van der Waals surface area contributed by atoms with Crippen LogP contribution < -0.4 is 5.56 Å². The third kappa shape index (κ3) is 1.23. The summed E-state index contributed by atoms with van der Waals surface area (Å²) in [5.41, 5.74) is 0.365. The Labute approximate surface area is 79.3 Å². The lowest BCUT2D eigenvalue weighted by atomic mass is 10.3. The van der Waals surface area contributed by atoms with Crippen LogP contribution in [0.15, 0.2) is 29.6 Å². The first-order chi connectivity index (χ1) is 6.83. The molecule has 0 aliphatic heterocycles. The Morgan fingerprint density at radius 3 is 3.21 bits per heavy atom. The fourth-order valence-electron chi connectivity index (χ4n) is 1.22. The molecular formula is C9H6N4O. The molecule has 0 amide bonds. The Hall–Kier alpha value is -2.22. The van der Waals surface area contributed by atoms with E-state index in [-0.39, 0.29) is 12.1 Å². The zero-order chi connectivity index (χ0) is 9.97. The fraction of sp³-hybridized carbons (Fsp3) is 0.111. The van der Waals surface area contributed by atoms with Gasteiger partial charge in [0.05, 0.1) is 17.0 Å². The molecule has 2 rings (SSSR count). The predicted octanol–water partition coefficient (Wildman–Crippen LogP) is 0.315. The van der Waals surface area contributed by atoms with Gasteiger partial charge in [-0.05, 0) is 6.07 Å². The first-order valence-electron chi connectivity index (χ1n) is 3.99. The van der Waals surface area contributed by atoms with Crippen LogP contribution in [-0.2, 0) is 6.54 Å². The van der Waals surface area contributed by atoms with Crippen molar-refractivity contribution < 1.29 is 0 Å². The Balaban J connectivity index is 2.77. The van der Waals surface area contributed by atoms with Crippen molar-refractivity contribution >= 4 is 10.9 Å². The third-order valence-electron chi connectivity index (χ3n) is 1.89. The molecule has 0 N–H and O–H groups in total. The first-order valence-corrected chi connectivity index (χ1v) is 3.99. The van der Waals surface area contributed by atoms with E-state index in [1.54, 1.807) is 12.3 Å². The van der Waals surface area contributed by atoms with E-state index in [0.717, 1.165) is 0 Å². The van der Waals surface area contributed by atoms with Gasteiger partial charge in [0.2, 0.25) is 0 Å². The highest BCUT2D eigenvalue weighted by Crippen LogP contribution is 2.02. The van der Waals surface area contributed by atoms with Gasteiger partial charge in [-0.25, -0.2) is 9.97 Å². The third-order valence-corrected chi connectivity index (χ3v) is 1.89. The molecule has 68 valence electrons. The lowest BCUT2D eigenvalue weighted by molar-refractivity contribution is 0.796. The average Bonchev–Trinajstić information content (AvgIpc) is 2.23. The molecule has 0 spiro atoms. The topological polar surface area (TPSA) is 71.6 Å². The SMILES string of the molecule is N#CCn1ccc2ncncc2c1=O. The molecule has 5 heteroatoms. The summed E-state index contributed by atoms with van der Waals surface area (Å²) in [5, 5.41) is 8.91. The Morgan fingerprint density at radius 2 is 2.43 bits per heavy atom. The van der Waals surface area contributed by atoms with Gasteiger partial charge in [-0.15, -0.1) is 0 Å². The van der Waals surface area contributed by atoms with Crippen LogP contribution in [0.4, 0.5) is 0 Å². The molecule has 5 nitrogen and oxygen atoms in total. The second-order valence-corrected chi connectivity index (χ2v) is 2.73. The molecule has 2 aromatic heterocycles. The molecule has 0 radical (unpaired) electrons. The smallest absolute Gasteiger partial charge is 0.262 e. The fourth-order valence-corrected chi connectivity index (χ4v) is 1.22. The molecule has 0 atom stereocenters. The molecule has 0 fully saturated rings. The van der Waals surface area contributed by atoms with Crippen molar-refractivity contribution in [3.8, 4) is 6.07 Å². The van der Waals surface area contributed by atoms with E-state index in [4.69, 9.17) is 5.26 Å². The highest BCUT2D eigenvalue weighted by atomic mass is 16.1. The molecule has 0 aliphatic rings. The number of rotatable bonds is 1. The van der Waals surface area contributed by atoms with Gasteiger partial charge in [0.1, 0.15) is 12.9 Å². The number of pyridine rings is 1. The number of nitrogens with zero attached hydrogens (tertiary/aromatic N) is 4. The molecule has 0 aliphatic carbocycles. The summed E-state index contributed by atoms with van der Waals surface area (Å²) in [7, 11) is 0. The predicted molar refractivity (Wildman–Crippen MR) is 49.4 cm³/mol. The maximum atomic E-state index is 11.7. The van der Waals surface area contributed by atoms with Gasteiger partial charge >= 0.3 is 0 Å². The summed E-state index contributed by atoms with van der Waals surface area (Å²) in [6, 6.07) is 3.60. The van der Waals surface area contributed by atoms with E-state index in [1.165, 1.54) is 17.1 Å². The van der Waals surface area contributed by atoms with Crippen LogP contribution in [0, 0.1) is 11.3 Å². The number of fused-ring (bicyclic) bond motifs is 1. The highest BCUT2D eigenvalue weighted by molar-refractivity contribution is 5.75. The molecule has 2 heterocycles. The van der Waals surface area contributed by atoms with Crippen molar-refractivity contribution in [2.75, 3.05) is 0 Å². The van der Waals surface area contributed by atoms with Crippen molar-refractivity contribution in [2.24, 2.45) is 0 Å². The molecule has 2 aromatic rings. The van der Waals surface area contributed by atoms with E-state index in [1.807, 2.05) is 6.07 Å². The minimum absolute atomic E-state index is 0.0453. The van der Waals surface area contributed by atoms with E-state index in [9.17, 15) is 4.79 Å². The van der Waals surface area contributed by atoms with Crippen molar-refractivity contribution in [1.82, 2.24) is 14.5 Å². The van der Waals surface area contributed by atoms with E-state index in [2.05, 4.69) is 9.97 Å². The van der Waals surface area contributed by atoms with Gasteiger partial charge in [-0.3, -0.25) is 4.79 Å². The lowest BCUT2D eigenvalue weighted by Gasteiger charge is -2.00. The van der Waals surface area contributed by atoms with Gasteiger partial charge in [0, 0.05) is 12.4 Å². The summed E-state index contributed by atoms with van der Waals surface area (Å²) >= 11 is 0. The molecule has 14 heavy (non-hydrogen) atoms. The summed E-state index contributed by atoms with van der Waals surface area (Å²) in [6.07, 6.45) is 4.40. The second kappa shape index (κ2) is 3.26. The van der Waals surface area contributed by atoms with E-state index >= 15 is 0 Å². The maximum absolute atomic E-state index is 11.7. The molecule has 0 bridgehead atoms. The zero-order valence-electron chi connectivity index (χ0n) is 7.21. The van der Waals surface area contributed by atoms with Crippen LogP contribution in [0.3, 0.4) is 0 Å². The first kappa shape index (κ1) is 8.38. The monoisotopic (exact) mass is 186 g/mol. The Kier molecular flexibility index (Phi) is 1.95. The van der Waals surface area contributed by atoms with Gasteiger partial charge in [0.15, 0.2) is 0 Å². The molecule has 0 saturated carbocycles. The maximum Gasteiger partial charge on any atom is 0.262 e. The van der Waals surface area contributed by atoms with Crippen molar-refractivity contribution in [2.45, 2.75) is 6.54 Å². The average molecular weight is 186 g/mol. The summed E-state index contributed by atoms with van der Waals surface area (Å²) in [4.78, 5) is 19.4. The van der Waals surface area contributed by atoms with E-state index in [0.29, 0.717) is 10.9 Å². The molecule has 0 unspecified atom stereocenters. The number of nitriles is 1. The number of aromatic nitrogens is 3. The van der Waals surface area contributed by atoms with Crippen LogP contribution >= 0.6 is 0 Å². The second-order valence-electron chi connectivity index (χ2n) is 2.73. The molecule has 0 aromatic carbocycles. The van der Waals surface area contributed by atoms with Crippen molar-refractivity contribution in [3.05, 3.63) is 35.1 Å². The zero-order valence-corrected chi connectivity index (χ0v) is 7.21. The molecular weight excluding hydrogens is 180 g/mol. The minimum atomic E-state index is -0.232.